The average Bonchev–Trinajstić information content (AvgIpc) is 2.69. The number of carbonyl (C=O) groups is 1. The van der Waals surface area contributed by atoms with Gasteiger partial charge in [-0.3, -0.25) is 4.79 Å². The number of Topliss-reactive ketones (excluding diaryl/α,β-unsaturated/α-hetero) is 1. The van der Waals surface area contributed by atoms with Crippen LogP contribution in [0.5, 0.6) is 0 Å². The fraction of sp³-hybridized carbons (Fsp3) is 0.967. The molecule has 9 atom stereocenters. The molecule has 0 saturated heterocycles. The normalized spacial score (nSPS) is 58.5. The summed E-state index contributed by atoms with van der Waals surface area (Å²) < 4.78 is 0. The third-order valence-corrected chi connectivity index (χ3v) is 13.7. The van der Waals surface area contributed by atoms with E-state index < -0.39 is 0 Å². The molecule has 5 saturated carbocycles. The second-order valence-electron chi connectivity index (χ2n) is 15.3. The molecule has 5 rings (SSSR count). The Labute approximate surface area is 192 Å². The first kappa shape index (κ1) is 22.5. The molecule has 0 heterocycles. The van der Waals surface area contributed by atoms with Gasteiger partial charge in [0.25, 0.3) is 0 Å². The summed E-state index contributed by atoms with van der Waals surface area (Å²) in [5.74, 6) is 3.27. The molecule has 5 aliphatic rings. The fourth-order valence-corrected chi connectivity index (χ4v) is 11.2. The van der Waals surface area contributed by atoms with Gasteiger partial charge in [-0.2, -0.15) is 0 Å². The molecule has 0 amide bonds. The summed E-state index contributed by atoms with van der Waals surface area (Å²) in [4.78, 5) is 12.7. The highest BCUT2D eigenvalue weighted by Gasteiger charge is 2.70. The van der Waals surface area contributed by atoms with Gasteiger partial charge in [0.2, 0.25) is 0 Å². The van der Waals surface area contributed by atoms with Crippen LogP contribution in [-0.2, 0) is 4.79 Å². The second-order valence-corrected chi connectivity index (χ2v) is 15.3. The Hall–Kier alpha value is -0.330. The van der Waals surface area contributed by atoms with Gasteiger partial charge in [0.1, 0.15) is 5.78 Å². The molecule has 0 aromatic carbocycles. The van der Waals surface area contributed by atoms with Gasteiger partial charge in [-0.05, 0) is 114 Å². The zero-order valence-electron chi connectivity index (χ0n) is 22.0. The van der Waals surface area contributed by atoms with E-state index in [2.05, 4.69) is 55.4 Å². The summed E-state index contributed by atoms with van der Waals surface area (Å²) in [6.45, 7) is 20.7. The Balaban J connectivity index is 1.55. The standard InChI is InChI=1S/C30H50O/c1-20-21(31)9-10-22-27(20,5)12-11-23-28(22,6)16-18-30(8)24-19-25(2,3)13-14-26(24,4)15-17-29(23,30)7/h20,22-24H,9-19H2,1-8H3/t20?,22-,23+,24-,26-,27-,28+,29-,30+/m1/s1. The van der Waals surface area contributed by atoms with Crippen LogP contribution < -0.4 is 0 Å². The van der Waals surface area contributed by atoms with Crippen molar-refractivity contribution in [2.24, 2.45) is 56.2 Å². The first-order valence-electron chi connectivity index (χ1n) is 13.7. The van der Waals surface area contributed by atoms with E-state index in [9.17, 15) is 4.79 Å². The predicted molar refractivity (Wildman–Crippen MR) is 130 cm³/mol. The highest BCUT2D eigenvalue weighted by Crippen LogP contribution is 2.78. The molecule has 5 fully saturated rings. The first-order chi connectivity index (χ1) is 14.2. The summed E-state index contributed by atoms with van der Waals surface area (Å²) in [5, 5.41) is 0. The first-order valence-corrected chi connectivity index (χ1v) is 13.7. The quantitative estimate of drug-likeness (QED) is 0.379. The molecule has 0 aromatic heterocycles. The zero-order chi connectivity index (χ0) is 22.7. The topological polar surface area (TPSA) is 17.1 Å². The third-order valence-electron chi connectivity index (χ3n) is 13.7. The van der Waals surface area contributed by atoms with Gasteiger partial charge in [0.05, 0.1) is 0 Å². The van der Waals surface area contributed by atoms with E-state index in [4.69, 9.17) is 0 Å². The number of rotatable bonds is 0. The molecule has 5 aliphatic carbocycles. The van der Waals surface area contributed by atoms with Crippen LogP contribution in [-0.4, -0.2) is 5.78 Å². The molecule has 1 heteroatoms. The molecule has 0 spiro atoms. The number of hydrogen-bond donors (Lipinski definition) is 0. The number of carbonyl (C=O) groups excluding carboxylic acids is 1. The lowest BCUT2D eigenvalue weighted by molar-refractivity contribution is -0.256. The van der Waals surface area contributed by atoms with E-state index >= 15 is 0 Å². The van der Waals surface area contributed by atoms with Crippen LogP contribution in [0.3, 0.4) is 0 Å². The summed E-state index contributed by atoms with van der Waals surface area (Å²) in [6.07, 6.45) is 14.6. The Morgan fingerprint density at radius 1 is 0.645 bits per heavy atom. The van der Waals surface area contributed by atoms with Crippen molar-refractivity contribution in [2.75, 3.05) is 0 Å². The van der Waals surface area contributed by atoms with Gasteiger partial charge in [-0.25, -0.2) is 0 Å². The highest BCUT2D eigenvalue weighted by atomic mass is 16.1. The fourth-order valence-electron chi connectivity index (χ4n) is 11.2. The summed E-state index contributed by atoms with van der Waals surface area (Å²) in [6, 6.07) is 0. The minimum Gasteiger partial charge on any atom is -0.299 e. The molecule has 0 aliphatic heterocycles. The van der Waals surface area contributed by atoms with Gasteiger partial charge in [-0.15, -0.1) is 0 Å². The van der Waals surface area contributed by atoms with Crippen molar-refractivity contribution in [3.05, 3.63) is 0 Å². The van der Waals surface area contributed by atoms with Crippen molar-refractivity contribution < 1.29 is 4.79 Å². The Kier molecular flexibility index (Phi) is 4.65. The Bertz CT molecular complexity index is 781. The maximum absolute atomic E-state index is 12.7. The van der Waals surface area contributed by atoms with E-state index in [0.29, 0.717) is 32.9 Å². The van der Waals surface area contributed by atoms with Crippen molar-refractivity contribution in [3.63, 3.8) is 0 Å². The highest BCUT2D eigenvalue weighted by molar-refractivity contribution is 5.82. The molecule has 1 unspecified atom stereocenters. The number of ketones is 1. The maximum atomic E-state index is 12.7. The van der Waals surface area contributed by atoms with Crippen LogP contribution in [0.1, 0.15) is 126 Å². The summed E-state index contributed by atoms with van der Waals surface area (Å²) in [7, 11) is 0. The molecular formula is C30H50O. The van der Waals surface area contributed by atoms with Crippen molar-refractivity contribution in [2.45, 2.75) is 126 Å². The van der Waals surface area contributed by atoms with Crippen molar-refractivity contribution in [1.82, 2.24) is 0 Å². The van der Waals surface area contributed by atoms with Crippen molar-refractivity contribution >= 4 is 5.78 Å². The largest absolute Gasteiger partial charge is 0.299 e. The van der Waals surface area contributed by atoms with E-state index in [0.717, 1.165) is 30.6 Å². The molecular weight excluding hydrogens is 376 g/mol. The van der Waals surface area contributed by atoms with E-state index in [1.54, 1.807) is 0 Å². The number of hydrogen-bond acceptors (Lipinski definition) is 1. The Morgan fingerprint density at radius 3 is 1.97 bits per heavy atom. The van der Waals surface area contributed by atoms with Crippen molar-refractivity contribution in [1.29, 1.82) is 0 Å². The summed E-state index contributed by atoms with van der Waals surface area (Å²) >= 11 is 0. The van der Waals surface area contributed by atoms with E-state index in [1.807, 2.05) is 0 Å². The molecule has 0 N–H and O–H groups in total. The molecule has 176 valence electrons. The lowest BCUT2D eigenvalue weighted by Crippen LogP contribution is -2.67. The molecule has 31 heavy (non-hydrogen) atoms. The Morgan fingerprint density at radius 2 is 1.26 bits per heavy atom. The zero-order valence-corrected chi connectivity index (χ0v) is 22.0. The van der Waals surface area contributed by atoms with E-state index in [-0.39, 0.29) is 11.3 Å². The average molecular weight is 427 g/mol. The van der Waals surface area contributed by atoms with Crippen molar-refractivity contribution in [3.8, 4) is 0 Å². The van der Waals surface area contributed by atoms with E-state index in [1.165, 1.54) is 57.8 Å². The third kappa shape index (κ3) is 2.70. The molecule has 0 aromatic rings. The molecule has 1 nitrogen and oxygen atoms in total. The lowest BCUT2D eigenvalue weighted by atomic mass is 9.30. The predicted octanol–water partition coefficient (Wildman–Crippen LogP) is 8.46. The minimum absolute atomic E-state index is 0.237. The van der Waals surface area contributed by atoms with Gasteiger partial charge in [0, 0.05) is 12.3 Å². The van der Waals surface area contributed by atoms with Crippen LogP contribution in [0.15, 0.2) is 0 Å². The van der Waals surface area contributed by atoms with Gasteiger partial charge < -0.3 is 0 Å². The van der Waals surface area contributed by atoms with Gasteiger partial charge in [0.15, 0.2) is 0 Å². The monoisotopic (exact) mass is 426 g/mol. The molecule has 0 radical (unpaired) electrons. The second kappa shape index (κ2) is 6.41. The number of fused-ring (bicyclic) bond motifs is 7. The summed E-state index contributed by atoms with van der Waals surface area (Å²) in [5.41, 5.74) is 2.67. The van der Waals surface area contributed by atoms with Gasteiger partial charge in [-0.1, -0.05) is 55.4 Å². The SMILES string of the molecule is CC1C(=O)CC[C@H]2[C@]3(C)CC[C@@]4(C)[C@@H]5CC(C)(C)CC[C@]5(C)CC[C@]4(C)[C@H]3CC[C@]12C. The van der Waals surface area contributed by atoms with Gasteiger partial charge >= 0.3 is 0 Å². The minimum atomic E-state index is 0.237. The van der Waals surface area contributed by atoms with Crippen LogP contribution >= 0.6 is 0 Å². The van der Waals surface area contributed by atoms with Crippen LogP contribution in [0.4, 0.5) is 0 Å². The van der Waals surface area contributed by atoms with Crippen LogP contribution in [0.25, 0.3) is 0 Å². The molecule has 0 bridgehead atoms. The lowest BCUT2D eigenvalue weighted by Gasteiger charge is -2.74. The maximum Gasteiger partial charge on any atom is 0.136 e. The van der Waals surface area contributed by atoms with Crippen LogP contribution in [0, 0.1) is 56.2 Å². The van der Waals surface area contributed by atoms with Crippen LogP contribution in [0.2, 0.25) is 0 Å². The smallest absolute Gasteiger partial charge is 0.136 e.